The molecular weight excluding hydrogens is 446 g/mol. The molecule has 2 fully saturated rings. The summed E-state index contributed by atoms with van der Waals surface area (Å²) in [6, 6.07) is 4.29. The maximum absolute atomic E-state index is 14.0. The van der Waals surface area contributed by atoms with E-state index in [0.717, 1.165) is 25.0 Å². The number of amides is 2. The highest BCUT2D eigenvalue weighted by molar-refractivity contribution is 5.91. The fourth-order valence-corrected chi connectivity index (χ4v) is 4.13. The van der Waals surface area contributed by atoms with Crippen molar-refractivity contribution in [2.24, 2.45) is 5.92 Å². The number of rotatable bonds is 6. The van der Waals surface area contributed by atoms with Crippen LogP contribution in [0.15, 0.2) is 47.3 Å². The minimum atomic E-state index is -0.824. The van der Waals surface area contributed by atoms with Gasteiger partial charge in [0, 0.05) is 31.0 Å². The van der Waals surface area contributed by atoms with E-state index in [1.165, 1.54) is 12.3 Å². The molecule has 5 rings (SSSR count). The Labute approximate surface area is 193 Å². The Morgan fingerprint density at radius 2 is 1.94 bits per heavy atom. The molecule has 2 aromatic heterocycles. The van der Waals surface area contributed by atoms with Gasteiger partial charge in [-0.2, -0.15) is 0 Å². The van der Waals surface area contributed by atoms with Gasteiger partial charge in [0.15, 0.2) is 11.6 Å². The molecule has 2 aliphatic rings. The number of nitrogens with one attached hydrogen (secondary N) is 3. The Balaban J connectivity index is 1.27. The molecule has 11 heteroatoms. The van der Waals surface area contributed by atoms with Crippen LogP contribution in [0.1, 0.15) is 35.8 Å². The van der Waals surface area contributed by atoms with E-state index in [1.807, 2.05) is 0 Å². The molecule has 0 spiro atoms. The van der Waals surface area contributed by atoms with Gasteiger partial charge in [-0.25, -0.2) is 23.7 Å². The van der Waals surface area contributed by atoms with Crippen LogP contribution in [0.5, 0.6) is 0 Å². The van der Waals surface area contributed by atoms with Crippen LogP contribution in [0.2, 0.25) is 0 Å². The molecule has 34 heavy (non-hydrogen) atoms. The standard InChI is InChI=1S/C23H22F2N6O3/c24-13-2-3-14(16(25)10-13)18-12-29-21(34-18)20(33)30-17-4-9-26-11-15(17)19(32)31-23(5-6-23)22-27-7-1-8-28-22/h1-3,7-8,10,12,15,17,26H,4-6,9,11H2,(H,30,33)(H,31,32)/t15-,17-/m0/s1. The number of hydrogen-bond acceptors (Lipinski definition) is 7. The minimum Gasteiger partial charge on any atom is -0.432 e. The topological polar surface area (TPSA) is 122 Å². The lowest BCUT2D eigenvalue weighted by Gasteiger charge is -2.32. The zero-order valence-corrected chi connectivity index (χ0v) is 18.1. The van der Waals surface area contributed by atoms with Gasteiger partial charge in [0.2, 0.25) is 5.91 Å². The van der Waals surface area contributed by atoms with Gasteiger partial charge >= 0.3 is 5.91 Å². The van der Waals surface area contributed by atoms with Crippen molar-refractivity contribution in [3.8, 4) is 11.3 Å². The molecule has 1 saturated carbocycles. The second kappa shape index (κ2) is 8.90. The van der Waals surface area contributed by atoms with Crippen molar-refractivity contribution in [2.45, 2.75) is 30.8 Å². The fourth-order valence-electron chi connectivity index (χ4n) is 4.13. The molecule has 0 bridgehead atoms. The van der Waals surface area contributed by atoms with E-state index in [0.29, 0.717) is 25.3 Å². The number of hydrogen-bond donors (Lipinski definition) is 3. The first-order valence-corrected chi connectivity index (χ1v) is 11.0. The van der Waals surface area contributed by atoms with Crippen LogP contribution in [0.25, 0.3) is 11.3 Å². The molecule has 1 aliphatic heterocycles. The first-order valence-electron chi connectivity index (χ1n) is 11.0. The molecule has 3 N–H and O–H groups in total. The molecule has 176 valence electrons. The highest BCUT2D eigenvalue weighted by atomic mass is 19.1. The molecular formula is C23H22F2N6O3. The van der Waals surface area contributed by atoms with Crippen LogP contribution in [-0.2, 0) is 10.3 Å². The van der Waals surface area contributed by atoms with Crippen molar-refractivity contribution in [3.63, 3.8) is 0 Å². The number of piperidine rings is 1. The highest BCUT2D eigenvalue weighted by Crippen LogP contribution is 2.43. The third-order valence-corrected chi connectivity index (χ3v) is 6.14. The lowest BCUT2D eigenvalue weighted by Crippen LogP contribution is -2.56. The summed E-state index contributed by atoms with van der Waals surface area (Å²) in [5.41, 5.74) is -0.578. The monoisotopic (exact) mass is 468 g/mol. The van der Waals surface area contributed by atoms with Gasteiger partial charge in [-0.3, -0.25) is 9.59 Å². The second-order valence-electron chi connectivity index (χ2n) is 8.48. The predicted molar refractivity (Wildman–Crippen MR) is 115 cm³/mol. The van der Waals surface area contributed by atoms with Crippen molar-refractivity contribution in [2.75, 3.05) is 13.1 Å². The summed E-state index contributed by atoms with van der Waals surface area (Å²) < 4.78 is 32.6. The van der Waals surface area contributed by atoms with E-state index >= 15 is 0 Å². The van der Waals surface area contributed by atoms with E-state index < -0.39 is 35.0 Å². The van der Waals surface area contributed by atoms with E-state index in [-0.39, 0.29) is 23.1 Å². The molecule has 0 radical (unpaired) electrons. The van der Waals surface area contributed by atoms with Gasteiger partial charge in [-0.15, -0.1) is 0 Å². The molecule has 1 aliphatic carbocycles. The van der Waals surface area contributed by atoms with Crippen LogP contribution in [0.4, 0.5) is 8.78 Å². The van der Waals surface area contributed by atoms with E-state index in [4.69, 9.17) is 4.42 Å². The summed E-state index contributed by atoms with van der Waals surface area (Å²) in [6.45, 7) is 1.01. The van der Waals surface area contributed by atoms with Crippen molar-refractivity contribution in [1.29, 1.82) is 0 Å². The highest BCUT2D eigenvalue weighted by Gasteiger charge is 2.50. The maximum Gasteiger partial charge on any atom is 0.307 e. The van der Waals surface area contributed by atoms with Gasteiger partial charge in [0.25, 0.3) is 5.89 Å². The normalized spacial score (nSPS) is 21.0. The summed E-state index contributed by atoms with van der Waals surface area (Å²) in [7, 11) is 0. The SMILES string of the molecule is O=C(N[C@H]1CCNC[C@@H]1C(=O)NC1(c2ncccn2)CC1)c1ncc(-c2ccc(F)cc2F)o1. The number of aromatic nitrogens is 3. The Morgan fingerprint density at radius 1 is 1.15 bits per heavy atom. The van der Waals surface area contributed by atoms with Crippen LogP contribution >= 0.6 is 0 Å². The van der Waals surface area contributed by atoms with Crippen LogP contribution < -0.4 is 16.0 Å². The Bertz CT molecular complexity index is 1210. The van der Waals surface area contributed by atoms with Gasteiger partial charge in [-0.05, 0) is 44.0 Å². The van der Waals surface area contributed by atoms with Crippen LogP contribution in [0, 0.1) is 17.6 Å². The zero-order valence-electron chi connectivity index (χ0n) is 18.1. The Kier molecular flexibility index (Phi) is 5.78. The summed E-state index contributed by atoms with van der Waals surface area (Å²) in [5.74, 6) is -2.59. The number of halogens is 2. The first-order chi connectivity index (χ1) is 16.4. The lowest BCUT2D eigenvalue weighted by molar-refractivity contribution is -0.127. The van der Waals surface area contributed by atoms with Crippen molar-refractivity contribution in [3.05, 3.63) is 66.2 Å². The molecule has 2 amide bonds. The van der Waals surface area contributed by atoms with Crippen LogP contribution in [0.3, 0.4) is 0 Å². The van der Waals surface area contributed by atoms with E-state index in [1.54, 1.807) is 18.5 Å². The third kappa shape index (κ3) is 4.38. The van der Waals surface area contributed by atoms with Gasteiger partial charge in [0.05, 0.1) is 23.2 Å². The summed E-state index contributed by atoms with van der Waals surface area (Å²) in [6.07, 6.45) is 6.51. The predicted octanol–water partition coefficient (Wildman–Crippen LogP) is 1.92. The molecule has 3 aromatic rings. The Hall–Kier alpha value is -3.73. The molecule has 1 saturated heterocycles. The van der Waals surface area contributed by atoms with Crippen molar-refractivity contribution in [1.82, 2.24) is 30.9 Å². The zero-order chi connectivity index (χ0) is 23.7. The second-order valence-corrected chi connectivity index (χ2v) is 8.48. The molecule has 3 heterocycles. The van der Waals surface area contributed by atoms with Crippen molar-refractivity contribution < 1.29 is 22.8 Å². The molecule has 2 atom stereocenters. The summed E-state index contributed by atoms with van der Waals surface area (Å²) >= 11 is 0. The largest absolute Gasteiger partial charge is 0.432 e. The molecule has 1 aromatic carbocycles. The number of benzene rings is 1. The Morgan fingerprint density at radius 3 is 2.68 bits per heavy atom. The number of carbonyl (C=O) groups is 2. The first kappa shape index (κ1) is 22.1. The van der Waals surface area contributed by atoms with E-state index in [2.05, 4.69) is 30.9 Å². The van der Waals surface area contributed by atoms with Crippen molar-refractivity contribution >= 4 is 11.8 Å². The van der Waals surface area contributed by atoms with Gasteiger partial charge < -0.3 is 20.4 Å². The summed E-state index contributed by atoms with van der Waals surface area (Å²) in [5, 5.41) is 9.07. The minimum absolute atomic E-state index is 0.000732. The average molecular weight is 468 g/mol. The summed E-state index contributed by atoms with van der Waals surface area (Å²) in [4.78, 5) is 38.4. The number of nitrogens with zero attached hydrogens (tertiary/aromatic N) is 3. The quantitative estimate of drug-likeness (QED) is 0.505. The molecule has 0 unspecified atom stereocenters. The fraction of sp³-hybridized carbons (Fsp3) is 0.348. The van der Waals surface area contributed by atoms with Gasteiger partial charge in [-0.1, -0.05) is 0 Å². The maximum atomic E-state index is 14.0. The van der Waals surface area contributed by atoms with Crippen LogP contribution in [-0.4, -0.2) is 45.9 Å². The average Bonchev–Trinajstić information content (AvgIpc) is 3.45. The number of carbonyl (C=O) groups excluding carboxylic acids is 2. The lowest BCUT2D eigenvalue weighted by atomic mass is 9.92. The number of oxazole rings is 1. The molecule has 9 nitrogen and oxygen atoms in total. The smallest absolute Gasteiger partial charge is 0.307 e. The third-order valence-electron chi connectivity index (χ3n) is 6.14. The van der Waals surface area contributed by atoms with Gasteiger partial charge in [0.1, 0.15) is 11.6 Å². The van der Waals surface area contributed by atoms with E-state index in [9.17, 15) is 18.4 Å².